The molecule has 1 aliphatic rings. The second-order valence-electron chi connectivity index (χ2n) is 4.63. The van der Waals surface area contributed by atoms with Crippen molar-refractivity contribution in [2.45, 2.75) is 32.8 Å². The Balaban J connectivity index is 1.88. The summed E-state index contributed by atoms with van der Waals surface area (Å²) in [6, 6.07) is 10.1. The van der Waals surface area contributed by atoms with E-state index < -0.39 is 0 Å². The van der Waals surface area contributed by atoms with Crippen LogP contribution in [-0.2, 0) is 0 Å². The van der Waals surface area contributed by atoms with E-state index in [0.29, 0.717) is 11.5 Å². The number of ether oxygens (including phenoxy) is 1. The van der Waals surface area contributed by atoms with Gasteiger partial charge in [0.2, 0.25) is 0 Å². The van der Waals surface area contributed by atoms with E-state index in [2.05, 4.69) is 13.8 Å². The highest BCUT2D eigenvalue weighted by Crippen LogP contribution is 2.41. The smallest absolute Gasteiger partial charge is 0.119 e. The van der Waals surface area contributed by atoms with Gasteiger partial charge in [-0.25, -0.2) is 0 Å². The molecule has 0 saturated heterocycles. The second-order valence-corrected chi connectivity index (χ2v) is 4.63. The van der Waals surface area contributed by atoms with Crippen LogP contribution >= 0.6 is 0 Å². The molecule has 0 unspecified atom stereocenters. The third kappa shape index (κ3) is 2.03. The summed E-state index contributed by atoms with van der Waals surface area (Å²) >= 11 is 0. The number of hydrogen-bond donors (Lipinski definition) is 0. The molecule has 0 bridgehead atoms. The van der Waals surface area contributed by atoms with E-state index in [4.69, 9.17) is 4.74 Å². The summed E-state index contributed by atoms with van der Waals surface area (Å²) in [7, 11) is 0. The number of para-hydroxylation sites is 1. The zero-order valence-electron chi connectivity index (χ0n) is 8.29. The predicted molar refractivity (Wildman–Crippen MR) is 53.9 cm³/mol. The quantitative estimate of drug-likeness (QED) is 0.672. The van der Waals surface area contributed by atoms with Crippen LogP contribution in [-0.4, -0.2) is 6.10 Å². The lowest BCUT2D eigenvalue weighted by atomic mass is 9.70. The van der Waals surface area contributed by atoms with Gasteiger partial charge in [0.15, 0.2) is 0 Å². The molecule has 1 aliphatic carbocycles. The van der Waals surface area contributed by atoms with E-state index in [0.717, 1.165) is 5.75 Å². The molecule has 1 nitrogen and oxygen atoms in total. The van der Waals surface area contributed by atoms with E-state index in [1.54, 1.807) is 0 Å². The normalized spacial score (nSPS) is 20.8. The molecule has 1 aromatic carbocycles. The number of rotatable bonds is 2. The highest BCUT2D eigenvalue weighted by atomic mass is 16.5. The Hall–Kier alpha value is -0.980. The van der Waals surface area contributed by atoms with E-state index >= 15 is 0 Å². The molecule has 2 rings (SSSR count). The minimum atomic E-state index is 0.442. The maximum atomic E-state index is 5.79. The Labute approximate surface area is 79.7 Å². The topological polar surface area (TPSA) is 9.23 Å². The highest BCUT2D eigenvalue weighted by molar-refractivity contribution is 5.21. The Morgan fingerprint density at radius 3 is 2.31 bits per heavy atom. The van der Waals surface area contributed by atoms with Crippen molar-refractivity contribution in [2.24, 2.45) is 5.41 Å². The lowest BCUT2D eigenvalue weighted by Crippen LogP contribution is -2.39. The second kappa shape index (κ2) is 3.06. The van der Waals surface area contributed by atoms with E-state index in [9.17, 15) is 0 Å². The van der Waals surface area contributed by atoms with Crippen molar-refractivity contribution in [2.75, 3.05) is 0 Å². The molecule has 0 aliphatic heterocycles. The highest BCUT2D eigenvalue weighted by Gasteiger charge is 2.37. The van der Waals surface area contributed by atoms with Crippen LogP contribution in [0.2, 0.25) is 0 Å². The van der Waals surface area contributed by atoms with Crippen LogP contribution < -0.4 is 4.74 Å². The van der Waals surface area contributed by atoms with Gasteiger partial charge in [-0.3, -0.25) is 0 Å². The monoisotopic (exact) mass is 176 g/mol. The third-order valence-electron chi connectivity index (χ3n) is 2.61. The Morgan fingerprint density at radius 2 is 1.77 bits per heavy atom. The first kappa shape index (κ1) is 8.61. The molecule has 1 saturated carbocycles. The van der Waals surface area contributed by atoms with Crippen LogP contribution in [0.15, 0.2) is 30.3 Å². The Kier molecular flexibility index (Phi) is 2.03. The molecular formula is C12H16O. The van der Waals surface area contributed by atoms with Gasteiger partial charge in [0.05, 0.1) is 6.10 Å². The Morgan fingerprint density at radius 1 is 1.15 bits per heavy atom. The average molecular weight is 176 g/mol. The molecule has 13 heavy (non-hydrogen) atoms. The van der Waals surface area contributed by atoms with Crippen LogP contribution in [0, 0.1) is 5.41 Å². The van der Waals surface area contributed by atoms with Gasteiger partial charge in [0, 0.05) is 0 Å². The predicted octanol–water partition coefficient (Wildman–Crippen LogP) is 3.25. The van der Waals surface area contributed by atoms with Crippen molar-refractivity contribution >= 4 is 0 Å². The van der Waals surface area contributed by atoms with Gasteiger partial charge in [-0.05, 0) is 30.4 Å². The fourth-order valence-electron chi connectivity index (χ4n) is 1.95. The van der Waals surface area contributed by atoms with Crippen LogP contribution in [0.3, 0.4) is 0 Å². The molecule has 70 valence electrons. The summed E-state index contributed by atoms with van der Waals surface area (Å²) in [5.74, 6) is 1.00. The first-order chi connectivity index (χ1) is 6.16. The molecule has 1 heteroatoms. The van der Waals surface area contributed by atoms with Gasteiger partial charge < -0.3 is 4.74 Å². The van der Waals surface area contributed by atoms with Gasteiger partial charge >= 0.3 is 0 Å². The first-order valence-electron chi connectivity index (χ1n) is 4.87. The van der Waals surface area contributed by atoms with Gasteiger partial charge in [-0.15, -0.1) is 0 Å². The van der Waals surface area contributed by atoms with Crippen molar-refractivity contribution in [3.8, 4) is 5.75 Å². The number of benzene rings is 1. The van der Waals surface area contributed by atoms with Crippen LogP contribution in [0.1, 0.15) is 26.7 Å². The molecule has 0 atom stereocenters. The SMILES string of the molecule is CC1(C)CC(Oc2ccccc2)C1. The van der Waals surface area contributed by atoms with Crippen molar-refractivity contribution < 1.29 is 4.74 Å². The molecule has 1 aromatic rings. The lowest BCUT2D eigenvalue weighted by molar-refractivity contribution is 0.0106. The zero-order chi connectivity index (χ0) is 9.31. The Bertz CT molecular complexity index is 268. The summed E-state index contributed by atoms with van der Waals surface area (Å²) in [5.41, 5.74) is 0.499. The minimum absolute atomic E-state index is 0.442. The summed E-state index contributed by atoms with van der Waals surface area (Å²) in [5, 5.41) is 0. The molecule has 1 fully saturated rings. The van der Waals surface area contributed by atoms with Crippen LogP contribution in [0.5, 0.6) is 5.75 Å². The molecule has 0 spiro atoms. The minimum Gasteiger partial charge on any atom is -0.490 e. The lowest BCUT2D eigenvalue weighted by Gasteiger charge is -2.42. The average Bonchev–Trinajstić information content (AvgIpc) is 2.03. The molecule has 0 aromatic heterocycles. The van der Waals surface area contributed by atoms with Gasteiger partial charge in [-0.1, -0.05) is 32.0 Å². The summed E-state index contributed by atoms with van der Waals surface area (Å²) in [6.07, 6.45) is 2.81. The molecule has 0 amide bonds. The molecular weight excluding hydrogens is 160 g/mol. The first-order valence-corrected chi connectivity index (χ1v) is 4.87. The largest absolute Gasteiger partial charge is 0.490 e. The summed E-state index contributed by atoms with van der Waals surface area (Å²) in [4.78, 5) is 0. The van der Waals surface area contributed by atoms with Crippen LogP contribution in [0.25, 0.3) is 0 Å². The molecule has 0 heterocycles. The number of hydrogen-bond acceptors (Lipinski definition) is 1. The standard InChI is InChI=1S/C12H16O/c1-12(2)8-11(9-12)13-10-6-4-3-5-7-10/h3-7,11H,8-9H2,1-2H3. The van der Waals surface area contributed by atoms with Gasteiger partial charge in [-0.2, -0.15) is 0 Å². The van der Waals surface area contributed by atoms with Crippen molar-refractivity contribution in [3.05, 3.63) is 30.3 Å². The van der Waals surface area contributed by atoms with Gasteiger partial charge in [0.25, 0.3) is 0 Å². The van der Waals surface area contributed by atoms with Crippen molar-refractivity contribution in [1.82, 2.24) is 0 Å². The maximum absolute atomic E-state index is 5.79. The van der Waals surface area contributed by atoms with E-state index in [1.807, 2.05) is 30.3 Å². The fourth-order valence-corrected chi connectivity index (χ4v) is 1.95. The van der Waals surface area contributed by atoms with Crippen molar-refractivity contribution in [1.29, 1.82) is 0 Å². The molecule has 0 radical (unpaired) electrons. The summed E-state index contributed by atoms with van der Waals surface area (Å²) < 4.78 is 5.79. The molecule has 0 N–H and O–H groups in total. The summed E-state index contributed by atoms with van der Waals surface area (Å²) in [6.45, 7) is 4.58. The van der Waals surface area contributed by atoms with Crippen LogP contribution in [0.4, 0.5) is 0 Å². The van der Waals surface area contributed by atoms with Gasteiger partial charge in [0.1, 0.15) is 5.75 Å². The third-order valence-corrected chi connectivity index (χ3v) is 2.61. The fraction of sp³-hybridized carbons (Fsp3) is 0.500. The maximum Gasteiger partial charge on any atom is 0.119 e. The zero-order valence-corrected chi connectivity index (χ0v) is 8.29. The van der Waals surface area contributed by atoms with Crippen molar-refractivity contribution in [3.63, 3.8) is 0 Å². The van der Waals surface area contributed by atoms with E-state index in [1.165, 1.54) is 12.8 Å². The van der Waals surface area contributed by atoms with E-state index in [-0.39, 0.29) is 0 Å².